The Bertz CT molecular complexity index is 836. The first-order valence-electron chi connectivity index (χ1n) is 8.74. The number of aliphatic carboxylic acids is 1. The fourth-order valence-corrected chi connectivity index (χ4v) is 4.52. The van der Waals surface area contributed by atoms with Crippen molar-refractivity contribution in [2.75, 3.05) is 14.1 Å². The van der Waals surface area contributed by atoms with Crippen LogP contribution < -0.4 is 0 Å². The van der Waals surface area contributed by atoms with Crippen LogP contribution in [0, 0.1) is 0 Å². The average molecular weight is 359 g/mol. The van der Waals surface area contributed by atoms with E-state index in [1.165, 1.54) is 32.6 Å². The van der Waals surface area contributed by atoms with Crippen LogP contribution in [-0.4, -0.2) is 34.0 Å². The maximum atomic E-state index is 11.3. The summed E-state index contributed by atoms with van der Waals surface area (Å²) in [6.45, 7) is 5.02. The molecule has 0 bridgehead atoms. The summed E-state index contributed by atoms with van der Waals surface area (Å²) in [5.41, 5.74) is 5.12. The summed E-state index contributed by atoms with van der Waals surface area (Å²) in [6.07, 6.45) is 4.27. The van der Waals surface area contributed by atoms with Gasteiger partial charge in [-0.1, -0.05) is 11.6 Å². The molecule has 1 aromatic heterocycles. The van der Waals surface area contributed by atoms with Crippen LogP contribution in [0.25, 0.3) is 10.9 Å². The molecule has 4 nitrogen and oxygen atoms in total. The van der Waals surface area contributed by atoms with Gasteiger partial charge in [0.05, 0.1) is 6.42 Å². The number of aromatic nitrogens is 1. The van der Waals surface area contributed by atoms with Gasteiger partial charge in [0.1, 0.15) is 0 Å². The van der Waals surface area contributed by atoms with E-state index in [4.69, 9.17) is 0 Å². The molecule has 0 saturated carbocycles. The molecule has 1 N–H and O–H groups in total. The van der Waals surface area contributed by atoms with Crippen LogP contribution in [0.4, 0.5) is 0 Å². The lowest BCUT2D eigenvalue weighted by molar-refractivity contribution is -0.137. The molecule has 0 radical (unpaired) electrons. The van der Waals surface area contributed by atoms with Crippen molar-refractivity contribution in [3.05, 3.63) is 41.1 Å². The Morgan fingerprint density at radius 1 is 1.44 bits per heavy atom. The van der Waals surface area contributed by atoms with Gasteiger partial charge >= 0.3 is 5.97 Å². The van der Waals surface area contributed by atoms with Crippen LogP contribution in [-0.2, 0) is 17.8 Å². The summed E-state index contributed by atoms with van der Waals surface area (Å²) in [6, 6.07) is 6.62. The predicted octanol–water partition coefficient (Wildman–Crippen LogP) is 4.68. The molecule has 0 amide bonds. The molecule has 1 unspecified atom stereocenters. The van der Waals surface area contributed by atoms with E-state index in [0.29, 0.717) is 0 Å². The number of rotatable bonds is 6. The summed E-state index contributed by atoms with van der Waals surface area (Å²) < 4.78 is 4.44. The van der Waals surface area contributed by atoms with Crippen LogP contribution >= 0.6 is 11.9 Å². The third kappa shape index (κ3) is 3.62. The van der Waals surface area contributed by atoms with Crippen LogP contribution in [0.5, 0.6) is 0 Å². The highest BCUT2D eigenvalue weighted by atomic mass is 32.2. The quantitative estimate of drug-likeness (QED) is 0.601. The molecule has 5 heteroatoms. The van der Waals surface area contributed by atoms with Gasteiger partial charge in [-0.25, -0.2) is 0 Å². The van der Waals surface area contributed by atoms with E-state index in [9.17, 15) is 9.90 Å². The first-order chi connectivity index (χ1) is 11.9. The SMILES string of the molecule is C/C=C(\C)Cn1c2c(c3cc(SN(C)C)ccc31)CCC2CC(=O)O. The third-order valence-corrected chi connectivity index (χ3v) is 5.75. The molecule has 1 heterocycles. The highest BCUT2D eigenvalue weighted by molar-refractivity contribution is 7.97. The number of hydrogen-bond donors (Lipinski definition) is 1. The lowest BCUT2D eigenvalue weighted by Crippen LogP contribution is -2.10. The first-order valence-corrected chi connectivity index (χ1v) is 9.52. The number of allylic oxidation sites excluding steroid dienone is 2. The zero-order valence-electron chi connectivity index (χ0n) is 15.4. The zero-order chi connectivity index (χ0) is 18.1. The summed E-state index contributed by atoms with van der Waals surface area (Å²) in [7, 11) is 4.09. The number of fused-ring (bicyclic) bond motifs is 3. The molecule has 134 valence electrons. The largest absolute Gasteiger partial charge is 0.481 e. The van der Waals surface area contributed by atoms with Gasteiger partial charge in [0.15, 0.2) is 0 Å². The van der Waals surface area contributed by atoms with E-state index in [1.54, 1.807) is 11.9 Å². The second-order valence-corrected chi connectivity index (χ2v) is 8.39. The van der Waals surface area contributed by atoms with Crippen LogP contribution in [0.1, 0.15) is 43.9 Å². The van der Waals surface area contributed by atoms with Crippen molar-refractivity contribution in [3.63, 3.8) is 0 Å². The van der Waals surface area contributed by atoms with Gasteiger partial charge in [-0.15, -0.1) is 0 Å². The fourth-order valence-electron chi connectivity index (χ4n) is 3.80. The third-order valence-electron chi connectivity index (χ3n) is 4.92. The lowest BCUT2D eigenvalue weighted by atomic mass is 10.0. The molecule has 1 aliphatic carbocycles. The zero-order valence-corrected chi connectivity index (χ0v) is 16.2. The summed E-state index contributed by atoms with van der Waals surface area (Å²) in [5, 5.41) is 10.6. The number of carbonyl (C=O) groups is 1. The Labute approximate surface area is 153 Å². The topological polar surface area (TPSA) is 45.5 Å². The van der Waals surface area contributed by atoms with Crippen molar-refractivity contribution >= 4 is 28.8 Å². The number of carboxylic acids is 1. The van der Waals surface area contributed by atoms with Crippen molar-refractivity contribution in [1.82, 2.24) is 8.87 Å². The van der Waals surface area contributed by atoms with E-state index in [-0.39, 0.29) is 12.3 Å². The predicted molar refractivity (Wildman–Crippen MR) is 104 cm³/mol. The highest BCUT2D eigenvalue weighted by Gasteiger charge is 2.31. The minimum atomic E-state index is -0.707. The molecule has 0 fully saturated rings. The van der Waals surface area contributed by atoms with E-state index >= 15 is 0 Å². The van der Waals surface area contributed by atoms with E-state index in [2.05, 4.69) is 47.0 Å². The summed E-state index contributed by atoms with van der Waals surface area (Å²) >= 11 is 1.72. The molecule has 2 aromatic rings. The van der Waals surface area contributed by atoms with Gasteiger partial charge in [0.2, 0.25) is 0 Å². The van der Waals surface area contributed by atoms with E-state index < -0.39 is 5.97 Å². The minimum Gasteiger partial charge on any atom is -0.481 e. The van der Waals surface area contributed by atoms with Crippen molar-refractivity contribution in [2.24, 2.45) is 0 Å². The second kappa shape index (κ2) is 7.26. The van der Waals surface area contributed by atoms with Gasteiger partial charge in [-0.2, -0.15) is 0 Å². The first kappa shape index (κ1) is 18.1. The molecule has 25 heavy (non-hydrogen) atoms. The van der Waals surface area contributed by atoms with Crippen LogP contribution in [0.2, 0.25) is 0 Å². The molecular formula is C20H26N2O2S. The highest BCUT2D eigenvalue weighted by Crippen LogP contribution is 2.43. The summed E-state index contributed by atoms with van der Waals surface area (Å²) in [4.78, 5) is 12.5. The van der Waals surface area contributed by atoms with Gasteiger partial charge in [0, 0.05) is 34.0 Å². The molecule has 0 aliphatic heterocycles. The normalized spacial score (nSPS) is 17.5. The Morgan fingerprint density at radius 2 is 2.20 bits per heavy atom. The number of benzene rings is 1. The molecule has 1 atom stereocenters. The monoisotopic (exact) mass is 358 g/mol. The molecule has 0 saturated heterocycles. The maximum Gasteiger partial charge on any atom is 0.304 e. The summed E-state index contributed by atoms with van der Waals surface area (Å²) in [5.74, 6) is -0.587. The molecular weight excluding hydrogens is 332 g/mol. The molecule has 1 aliphatic rings. The van der Waals surface area contributed by atoms with Crippen LogP contribution in [0.15, 0.2) is 34.7 Å². The number of hydrogen-bond acceptors (Lipinski definition) is 3. The van der Waals surface area contributed by atoms with Gasteiger partial charge < -0.3 is 9.67 Å². The van der Waals surface area contributed by atoms with Crippen molar-refractivity contribution < 1.29 is 9.90 Å². The smallest absolute Gasteiger partial charge is 0.304 e. The van der Waals surface area contributed by atoms with Crippen LogP contribution in [0.3, 0.4) is 0 Å². The maximum absolute atomic E-state index is 11.3. The number of nitrogens with zero attached hydrogens (tertiary/aromatic N) is 2. The van der Waals surface area contributed by atoms with E-state index in [1.807, 2.05) is 14.1 Å². The number of aryl methyl sites for hydroxylation is 1. The number of carboxylic acid groups (broad SMARTS) is 1. The van der Waals surface area contributed by atoms with Crippen molar-refractivity contribution in [3.8, 4) is 0 Å². The van der Waals surface area contributed by atoms with E-state index in [0.717, 1.165) is 19.4 Å². The Kier molecular flexibility index (Phi) is 5.25. The average Bonchev–Trinajstić information content (AvgIpc) is 3.06. The minimum absolute atomic E-state index is 0.120. The van der Waals surface area contributed by atoms with Gasteiger partial charge in [-0.3, -0.25) is 9.10 Å². The van der Waals surface area contributed by atoms with Crippen molar-refractivity contribution in [2.45, 2.75) is 50.5 Å². The van der Waals surface area contributed by atoms with Gasteiger partial charge in [0.25, 0.3) is 0 Å². The van der Waals surface area contributed by atoms with Crippen molar-refractivity contribution in [1.29, 1.82) is 0 Å². The Balaban J connectivity index is 2.14. The lowest BCUT2D eigenvalue weighted by Gasteiger charge is -2.16. The Morgan fingerprint density at radius 3 is 2.84 bits per heavy atom. The molecule has 1 aromatic carbocycles. The molecule has 0 spiro atoms. The Hall–Kier alpha value is -1.72. The fraction of sp³-hybridized carbons (Fsp3) is 0.450. The van der Waals surface area contributed by atoms with Gasteiger partial charge in [-0.05, 0) is 76.5 Å². The molecule has 3 rings (SSSR count). The standard InChI is InChI=1S/C20H26N2O2S/c1-5-13(2)12-22-18-9-7-15(25-21(3)4)11-17(18)16-8-6-14(20(16)22)10-19(23)24/h5,7,9,11,14H,6,8,10,12H2,1-4H3,(H,23,24)/b13-5+. The second-order valence-electron chi connectivity index (χ2n) is 7.00.